The molecule has 0 unspecified atom stereocenters. The standard InChI is InChI=1S/C15H24O5/c1-9-4-5-11-12-10(9)6-7-18-14(12)20-15(2,16)13(11)19-8-17-3/h4,10-14,16H,5-8H2,1-3H3/t10-,11-,12+,13+,14-,15+/m0/s1. The van der Waals surface area contributed by atoms with E-state index in [1.54, 1.807) is 14.0 Å². The van der Waals surface area contributed by atoms with E-state index in [-0.39, 0.29) is 24.9 Å². The molecular formula is C15H24O5. The molecule has 5 heteroatoms. The zero-order chi connectivity index (χ0) is 14.3. The molecule has 20 heavy (non-hydrogen) atoms. The van der Waals surface area contributed by atoms with Gasteiger partial charge in [0.1, 0.15) is 12.9 Å². The van der Waals surface area contributed by atoms with Crippen molar-refractivity contribution in [3.05, 3.63) is 11.6 Å². The molecule has 114 valence electrons. The molecular weight excluding hydrogens is 260 g/mol. The van der Waals surface area contributed by atoms with Crippen molar-refractivity contribution in [2.45, 2.75) is 44.9 Å². The zero-order valence-corrected chi connectivity index (χ0v) is 12.4. The second kappa shape index (κ2) is 5.39. The molecule has 5 nitrogen and oxygen atoms in total. The maximum Gasteiger partial charge on any atom is 0.192 e. The molecule has 1 aliphatic carbocycles. The Labute approximate surface area is 119 Å². The minimum Gasteiger partial charge on any atom is -0.364 e. The Balaban J connectivity index is 1.89. The SMILES string of the molecule is COCO[C@@H]1[C@H]2CC=C(C)[C@@H]3CCO[C@@H](O[C@@]1(C)O)[C@@H]23. The molecule has 0 amide bonds. The molecule has 0 aromatic carbocycles. The minimum absolute atomic E-state index is 0.159. The summed E-state index contributed by atoms with van der Waals surface area (Å²) in [4.78, 5) is 0. The Morgan fingerprint density at radius 2 is 2.30 bits per heavy atom. The van der Waals surface area contributed by atoms with Gasteiger partial charge < -0.3 is 24.1 Å². The van der Waals surface area contributed by atoms with Gasteiger partial charge in [-0.05, 0) is 32.6 Å². The van der Waals surface area contributed by atoms with Crippen LogP contribution in [0.4, 0.5) is 0 Å². The first-order chi connectivity index (χ1) is 9.54. The molecule has 6 atom stereocenters. The van der Waals surface area contributed by atoms with E-state index < -0.39 is 11.9 Å². The minimum atomic E-state index is -1.34. The number of aliphatic hydroxyl groups is 1. The summed E-state index contributed by atoms with van der Waals surface area (Å²) in [5.41, 5.74) is 1.41. The van der Waals surface area contributed by atoms with Gasteiger partial charge in [-0.3, -0.25) is 0 Å². The lowest BCUT2D eigenvalue weighted by atomic mass is 9.65. The predicted molar refractivity (Wildman–Crippen MR) is 71.7 cm³/mol. The van der Waals surface area contributed by atoms with E-state index in [1.807, 2.05) is 0 Å². The molecule has 1 N–H and O–H groups in total. The number of hydrogen-bond donors (Lipinski definition) is 1. The van der Waals surface area contributed by atoms with Crippen LogP contribution in [-0.2, 0) is 18.9 Å². The number of ether oxygens (including phenoxy) is 4. The van der Waals surface area contributed by atoms with Crippen LogP contribution >= 0.6 is 0 Å². The predicted octanol–water partition coefficient (Wildman–Crippen LogP) is 1.66. The largest absolute Gasteiger partial charge is 0.364 e. The molecule has 0 bridgehead atoms. The number of hydrogen-bond acceptors (Lipinski definition) is 5. The maximum absolute atomic E-state index is 10.6. The lowest BCUT2D eigenvalue weighted by Crippen LogP contribution is -2.63. The Morgan fingerprint density at radius 1 is 1.50 bits per heavy atom. The molecule has 0 saturated carbocycles. The van der Waals surface area contributed by atoms with E-state index >= 15 is 0 Å². The van der Waals surface area contributed by atoms with Crippen LogP contribution in [0.3, 0.4) is 0 Å². The fourth-order valence-corrected chi connectivity index (χ4v) is 4.02. The summed E-state index contributed by atoms with van der Waals surface area (Å²) in [7, 11) is 1.58. The second-order valence-electron chi connectivity index (χ2n) is 6.23. The molecule has 2 heterocycles. The van der Waals surface area contributed by atoms with Gasteiger partial charge in [-0.15, -0.1) is 0 Å². The van der Waals surface area contributed by atoms with Crippen molar-refractivity contribution in [1.82, 2.24) is 0 Å². The Morgan fingerprint density at radius 3 is 3.05 bits per heavy atom. The quantitative estimate of drug-likeness (QED) is 0.631. The molecule has 2 fully saturated rings. The van der Waals surface area contributed by atoms with Crippen molar-refractivity contribution in [3.63, 3.8) is 0 Å². The van der Waals surface area contributed by atoms with Crippen molar-refractivity contribution in [3.8, 4) is 0 Å². The van der Waals surface area contributed by atoms with Crippen LogP contribution < -0.4 is 0 Å². The molecule has 2 saturated heterocycles. The Bertz CT molecular complexity index is 392. The van der Waals surface area contributed by atoms with E-state index in [1.165, 1.54) is 5.57 Å². The summed E-state index contributed by atoms with van der Waals surface area (Å²) >= 11 is 0. The van der Waals surface area contributed by atoms with Crippen molar-refractivity contribution in [2.24, 2.45) is 17.8 Å². The third kappa shape index (κ3) is 2.31. The first-order valence-corrected chi connectivity index (χ1v) is 7.33. The summed E-state index contributed by atoms with van der Waals surface area (Å²) in [6.07, 6.45) is 3.46. The van der Waals surface area contributed by atoms with Gasteiger partial charge in [0.15, 0.2) is 12.1 Å². The van der Waals surface area contributed by atoms with Crippen LogP contribution in [0.25, 0.3) is 0 Å². The first-order valence-electron chi connectivity index (χ1n) is 7.33. The monoisotopic (exact) mass is 284 g/mol. The van der Waals surface area contributed by atoms with E-state index in [2.05, 4.69) is 13.0 Å². The highest BCUT2D eigenvalue weighted by Crippen LogP contribution is 2.50. The van der Waals surface area contributed by atoms with Crippen molar-refractivity contribution >= 4 is 0 Å². The van der Waals surface area contributed by atoms with Gasteiger partial charge in [-0.2, -0.15) is 0 Å². The molecule has 3 rings (SSSR count). The summed E-state index contributed by atoms with van der Waals surface area (Å²) in [6, 6.07) is 0. The lowest BCUT2D eigenvalue weighted by molar-refractivity contribution is -0.393. The van der Waals surface area contributed by atoms with Crippen LogP contribution in [0, 0.1) is 17.8 Å². The fourth-order valence-electron chi connectivity index (χ4n) is 4.02. The third-order valence-corrected chi connectivity index (χ3v) is 4.92. The smallest absolute Gasteiger partial charge is 0.192 e. The van der Waals surface area contributed by atoms with Gasteiger partial charge in [-0.1, -0.05) is 11.6 Å². The summed E-state index contributed by atoms with van der Waals surface area (Å²) in [5, 5.41) is 10.6. The van der Waals surface area contributed by atoms with E-state index in [0.29, 0.717) is 12.5 Å². The van der Waals surface area contributed by atoms with E-state index in [9.17, 15) is 5.11 Å². The molecule has 0 spiro atoms. The zero-order valence-electron chi connectivity index (χ0n) is 12.4. The highest BCUT2D eigenvalue weighted by atomic mass is 16.8. The van der Waals surface area contributed by atoms with Gasteiger partial charge in [0.2, 0.25) is 0 Å². The Kier molecular flexibility index (Phi) is 3.90. The lowest BCUT2D eigenvalue weighted by Gasteiger charge is -2.55. The molecule has 0 radical (unpaired) electrons. The molecule has 2 aliphatic heterocycles. The van der Waals surface area contributed by atoms with Gasteiger partial charge in [0.05, 0.1) is 6.61 Å². The van der Waals surface area contributed by atoms with Crippen LogP contribution in [0.15, 0.2) is 11.6 Å². The highest BCUT2D eigenvalue weighted by molar-refractivity contribution is 5.15. The van der Waals surface area contributed by atoms with Crippen LogP contribution in [0.5, 0.6) is 0 Å². The second-order valence-corrected chi connectivity index (χ2v) is 6.23. The Hall–Kier alpha value is -0.460. The van der Waals surface area contributed by atoms with Crippen molar-refractivity contribution in [1.29, 1.82) is 0 Å². The maximum atomic E-state index is 10.6. The van der Waals surface area contributed by atoms with E-state index in [0.717, 1.165) is 12.8 Å². The fraction of sp³-hybridized carbons (Fsp3) is 0.867. The summed E-state index contributed by atoms with van der Waals surface area (Å²) in [6.45, 7) is 4.68. The van der Waals surface area contributed by atoms with Gasteiger partial charge >= 0.3 is 0 Å². The first kappa shape index (κ1) is 14.5. The van der Waals surface area contributed by atoms with E-state index in [4.69, 9.17) is 18.9 Å². The number of rotatable bonds is 3. The average Bonchev–Trinajstić information content (AvgIpc) is 2.40. The number of allylic oxidation sites excluding steroid dienone is 2. The summed E-state index contributed by atoms with van der Waals surface area (Å²) in [5.74, 6) is -0.410. The molecule has 0 aromatic heterocycles. The van der Waals surface area contributed by atoms with Crippen molar-refractivity contribution in [2.75, 3.05) is 20.5 Å². The summed E-state index contributed by atoms with van der Waals surface area (Å²) < 4.78 is 22.3. The average molecular weight is 284 g/mol. The molecule has 3 aliphatic rings. The van der Waals surface area contributed by atoms with Crippen LogP contribution in [0.2, 0.25) is 0 Å². The normalized spacial score (nSPS) is 47.6. The van der Waals surface area contributed by atoms with Crippen LogP contribution in [-0.4, -0.2) is 43.8 Å². The van der Waals surface area contributed by atoms with Gasteiger partial charge in [-0.25, -0.2) is 0 Å². The van der Waals surface area contributed by atoms with Gasteiger partial charge in [0.25, 0.3) is 0 Å². The third-order valence-electron chi connectivity index (χ3n) is 4.92. The van der Waals surface area contributed by atoms with Gasteiger partial charge in [0, 0.05) is 18.9 Å². The van der Waals surface area contributed by atoms with Crippen molar-refractivity contribution < 1.29 is 24.1 Å². The van der Waals surface area contributed by atoms with Crippen LogP contribution in [0.1, 0.15) is 26.7 Å². The topological polar surface area (TPSA) is 57.2 Å². The highest BCUT2D eigenvalue weighted by Gasteiger charge is 2.56. The number of methoxy groups -OCH3 is 1. The molecule has 0 aromatic rings.